The minimum atomic E-state index is -0.755. The van der Waals surface area contributed by atoms with Gasteiger partial charge in [0.2, 0.25) is 0 Å². The summed E-state index contributed by atoms with van der Waals surface area (Å²) in [5, 5.41) is 0.256. The number of aryl methyl sites for hydroxylation is 1. The molecule has 0 saturated carbocycles. The highest BCUT2D eigenvalue weighted by atomic mass is 35.5. The highest BCUT2D eigenvalue weighted by Crippen LogP contribution is 2.27. The summed E-state index contributed by atoms with van der Waals surface area (Å²) < 4.78 is 13.7. The van der Waals surface area contributed by atoms with Crippen LogP contribution >= 0.6 is 11.6 Å². The van der Waals surface area contributed by atoms with Crippen molar-refractivity contribution in [1.29, 1.82) is 0 Å². The topological polar surface area (TPSA) is 84.7 Å². The van der Waals surface area contributed by atoms with Gasteiger partial charge in [-0.05, 0) is 24.6 Å². The van der Waals surface area contributed by atoms with Crippen LogP contribution in [0.15, 0.2) is 17.1 Å². The van der Waals surface area contributed by atoms with Gasteiger partial charge in [0.25, 0.3) is 0 Å². The smallest absolute Gasteiger partial charge is 0.351 e. The number of hydrogen-bond acceptors (Lipinski definition) is 1. The Morgan fingerprint density at radius 1 is 1.47 bits per heavy atom. The number of hydrogen-bond donors (Lipinski definition) is 2. The van der Waals surface area contributed by atoms with Gasteiger partial charge in [0, 0.05) is 12.1 Å². The highest BCUT2D eigenvalue weighted by molar-refractivity contribution is 6.30. The predicted molar refractivity (Wildman–Crippen MR) is 65.8 cm³/mol. The zero-order valence-electron chi connectivity index (χ0n) is 9.37. The molecule has 0 radical (unpaired) electrons. The third-order valence-electron chi connectivity index (χ3n) is 2.07. The van der Waals surface area contributed by atoms with Gasteiger partial charge in [-0.2, -0.15) is 4.99 Å². The van der Waals surface area contributed by atoms with E-state index in [1.54, 1.807) is 13.0 Å². The van der Waals surface area contributed by atoms with Crippen molar-refractivity contribution in [1.82, 2.24) is 0 Å². The molecule has 92 valence electrons. The molecular weight excluding hydrogens is 247 g/mol. The third kappa shape index (κ3) is 3.07. The summed E-state index contributed by atoms with van der Waals surface area (Å²) in [7, 11) is 1.37. The summed E-state index contributed by atoms with van der Waals surface area (Å²) in [5.74, 6) is -0.995. The molecule has 2 amide bonds. The first-order valence-electron chi connectivity index (χ1n) is 4.66. The second-order valence-electron chi connectivity index (χ2n) is 3.43. The van der Waals surface area contributed by atoms with Crippen LogP contribution in [0, 0.1) is 12.7 Å². The van der Waals surface area contributed by atoms with Crippen LogP contribution in [0.5, 0.6) is 0 Å². The Hall–Kier alpha value is -1.82. The number of nitrogens with zero attached hydrogens (tertiary/aromatic N) is 2. The highest BCUT2D eigenvalue weighted by Gasteiger charge is 2.17. The summed E-state index contributed by atoms with van der Waals surface area (Å²) in [4.78, 5) is 15.9. The van der Waals surface area contributed by atoms with Crippen molar-refractivity contribution >= 4 is 29.3 Å². The van der Waals surface area contributed by atoms with Gasteiger partial charge < -0.3 is 11.5 Å². The molecule has 0 unspecified atom stereocenters. The molecule has 0 atom stereocenters. The van der Waals surface area contributed by atoms with Gasteiger partial charge in [-0.15, -0.1) is 0 Å². The average molecular weight is 259 g/mol. The molecule has 0 aliphatic carbocycles. The minimum Gasteiger partial charge on any atom is -0.370 e. The number of aliphatic imine (C=N–C) groups is 1. The second kappa shape index (κ2) is 5.01. The van der Waals surface area contributed by atoms with Gasteiger partial charge in [0.1, 0.15) is 5.82 Å². The largest absolute Gasteiger partial charge is 0.370 e. The van der Waals surface area contributed by atoms with E-state index in [2.05, 4.69) is 4.99 Å². The molecule has 0 spiro atoms. The molecule has 0 aliphatic rings. The maximum absolute atomic E-state index is 13.7. The van der Waals surface area contributed by atoms with Crippen molar-refractivity contribution in [3.8, 4) is 0 Å². The fourth-order valence-corrected chi connectivity index (χ4v) is 1.66. The van der Waals surface area contributed by atoms with E-state index in [0.717, 1.165) is 11.0 Å². The van der Waals surface area contributed by atoms with Crippen molar-refractivity contribution in [2.24, 2.45) is 16.5 Å². The van der Waals surface area contributed by atoms with E-state index in [-0.39, 0.29) is 16.7 Å². The van der Waals surface area contributed by atoms with Gasteiger partial charge in [0.15, 0.2) is 5.96 Å². The quantitative estimate of drug-likeness (QED) is 0.593. The number of anilines is 1. The number of carbonyl (C=O) groups excluding carboxylic acids is 1. The van der Waals surface area contributed by atoms with Gasteiger partial charge >= 0.3 is 6.03 Å². The van der Waals surface area contributed by atoms with Gasteiger partial charge in [-0.1, -0.05) is 11.6 Å². The van der Waals surface area contributed by atoms with Crippen LogP contribution in [0.1, 0.15) is 5.56 Å². The zero-order chi connectivity index (χ0) is 13.2. The molecular formula is C10H12ClFN4O. The second-order valence-corrected chi connectivity index (χ2v) is 3.87. The Bertz CT molecular complexity index is 462. The first kappa shape index (κ1) is 13.2. The lowest BCUT2D eigenvalue weighted by Crippen LogP contribution is -2.30. The van der Waals surface area contributed by atoms with Crippen molar-refractivity contribution in [2.45, 2.75) is 6.92 Å². The lowest BCUT2D eigenvalue weighted by Gasteiger charge is -2.18. The molecule has 7 heteroatoms. The predicted octanol–water partition coefficient (Wildman–Crippen LogP) is 1.62. The summed E-state index contributed by atoms with van der Waals surface area (Å²) >= 11 is 5.68. The molecule has 17 heavy (non-hydrogen) atoms. The molecule has 1 aromatic carbocycles. The van der Waals surface area contributed by atoms with E-state index in [4.69, 9.17) is 23.1 Å². The average Bonchev–Trinajstić information content (AvgIpc) is 2.14. The van der Waals surface area contributed by atoms with Crippen LogP contribution in [0.3, 0.4) is 0 Å². The number of carbonyl (C=O) groups is 1. The van der Waals surface area contributed by atoms with E-state index in [1.165, 1.54) is 7.05 Å². The van der Waals surface area contributed by atoms with Gasteiger partial charge in [-0.25, -0.2) is 9.18 Å². The molecule has 1 rings (SSSR count). The van der Waals surface area contributed by atoms with Crippen LogP contribution in [0.2, 0.25) is 5.02 Å². The number of nitrogens with two attached hydrogens (primary N) is 2. The van der Waals surface area contributed by atoms with E-state index in [1.807, 2.05) is 0 Å². The van der Waals surface area contributed by atoms with Crippen LogP contribution in [0.25, 0.3) is 0 Å². The van der Waals surface area contributed by atoms with E-state index in [0.29, 0.717) is 5.56 Å². The number of halogens is 2. The zero-order valence-corrected chi connectivity index (χ0v) is 10.1. The van der Waals surface area contributed by atoms with Gasteiger partial charge in [0.05, 0.1) is 5.69 Å². The lowest BCUT2D eigenvalue weighted by molar-refractivity contribution is 0.255. The Balaban J connectivity index is 3.17. The van der Waals surface area contributed by atoms with Crippen molar-refractivity contribution in [2.75, 3.05) is 11.9 Å². The molecule has 0 saturated heterocycles. The van der Waals surface area contributed by atoms with E-state index >= 15 is 0 Å². The normalized spacial score (nSPS) is 9.88. The summed E-state index contributed by atoms with van der Waals surface area (Å²) in [6.07, 6.45) is 0. The molecule has 1 aromatic rings. The molecule has 4 N–H and O–H groups in total. The Labute approximate surface area is 103 Å². The van der Waals surface area contributed by atoms with Crippen molar-refractivity contribution in [3.05, 3.63) is 28.5 Å². The SMILES string of the molecule is Cc1cc(Cl)cc(F)c1N(C)C(=O)N=C(N)N. The first-order chi connectivity index (χ1) is 7.82. The monoisotopic (exact) mass is 258 g/mol. The Morgan fingerprint density at radius 3 is 2.53 bits per heavy atom. The molecule has 0 aliphatic heterocycles. The number of rotatable bonds is 1. The summed E-state index contributed by atoms with van der Waals surface area (Å²) in [6, 6.07) is 1.90. The molecule has 0 heterocycles. The molecule has 0 fully saturated rings. The maximum atomic E-state index is 13.7. The lowest BCUT2D eigenvalue weighted by atomic mass is 10.2. The van der Waals surface area contributed by atoms with Crippen LogP contribution in [-0.2, 0) is 0 Å². The Morgan fingerprint density at radius 2 is 2.06 bits per heavy atom. The number of amides is 2. The number of guanidine groups is 1. The fraction of sp³-hybridized carbons (Fsp3) is 0.200. The third-order valence-corrected chi connectivity index (χ3v) is 2.28. The standard InChI is InChI=1S/C10H12ClFN4O/c1-5-3-6(11)4-7(12)8(5)16(2)10(17)15-9(13)14/h3-4H,1-2H3,(H4,13,14,15,17). The molecule has 0 bridgehead atoms. The first-order valence-corrected chi connectivity index (χ1v) is 5.03. The molecule has 5 nitrogen and oxygen atoms in total. The van der Waals surface area contributed by atoms with E-state index < -0.39 is 11.8 Å². The fourth-order valence-electron chi connectivity index (χ4n) is 1.40. The van der Waals surface area contributed by atoms with E-state index in [9.17, 15) is 9.18 Å². The summed E-state index contributed by atoms with van der Waals surface area (Å²) in [6.45, 7) is 1.63. The van der Waals surface area contributed by atoms with Crippen LogP contribution in [0.4, 0.5) is 14.9 Å². The van der Waals surface area contributed by atoms with Crippen molar-refractivity contribution < 1.29 is 9.18 Å². The Kier molecular flexibility index (Phi) is 3.90. The van der Waals surface area contributed by atoms with Crippen molar-refractivity contribution in [3.63, 3.8) is 0 Å². The number of urea groups is 1. The summed E-state index contributed by atoms with van der Waals surface area (Å²) in [5.41, 5.74) is 10.7. The minimum absolute atomic E-state index is 0.0874. The maximum Gasteiger partial charge on any atom is 0.351 e. The van der Waals surface area contributed by atoms with Crippen LogP contribution in [-0.4, -0.2) is 19.0 Å². The number of benzene rings is 1. The molecule has 0 aromatic heterocycles. The van der Waals surface area contributed by atoms with Crippen LogP contribution < -0.4 is 16.4 Å². The van der Waals surface area contributed by atoms with Gasteiger partial charge in [-0.3, -0.25) is 4.90 Å².